The molecule has 6 heteroatoms. The van der Waals surface area contributed by atoms with Crippen LogP contribution in [0, 0.1) is 5.41 Å². The van der Waals surface area contributed by atoms with Crippen LogP contribution in [0.5, 0.6) is 5.75 Å². The van der Waals surface area contributed by atoms with Crippen LogP contribution in [-0.4, -0.2) is 66.8 Å². The first kappa shape index (κ1) is 18.2. The van der Waals surface area contributed by atoms with Crippen LogP contribution in [0.15, 0.2) is 24.3 Å². The van der Waals surface area contributed by atoms with E-state index in [2.05, 4.69) is 21.9 Å². The Kier molecular flexibility index (Phi) is 5.61. The summed E-state index contributed by atoms with van der Waals surface area (Å²) < 4.78 is 5.21. The molecule has 1 aromatic rings. The average Bonchev–Trinajstić information content (AvgIpc) is 2.62. The van der Waals surface area contributed by atoms with E-state index in [-0.39, 0.29) is 6.04 Å². The molecule has 3 N–H and O–H groups in total. The van der Waals surface area contributed by atoms with Gasteiger partial charge < -0.3 is 15.6 Å². The Balaban J connectivity index is 1.74. The van der Waals surface area contributed by atoms with Gasteiger partial charge in [-0.25, -0.2) is 0 Å². The Morgan fingerprint density at radius 2 is 2.12 bits per heavy atom. The van der Waals surface area contributed by atoms with Crippen LogP contribution >= 0.6 is 0 Å². The van der Waals surface area contributed by atoms with Crippen molar-refractivity contribution in [2.24, 2.45) is 11.1 Å². The van der Waals surface area contributed by atoms with Crippen LogP contribution in [0.3, 0.4) is 0 Å². The van der Waals surface area contributed by atoms with Gasteiger partial charge >= 0.3 is 5.97 Å². The number of piperidine rings is 2. The number of ether oxygens (including phenoxy) is 1. The number of likely N-dealkylation sites (tertiary alicyclic amines) is 2. The molecule has 25 heavy (non-hydrogen) atoms. The number of carbonyl (C=O) groups is 1. The van der Waals surface area contributed by atoms with Gasteiger partial charge in [0.25, 0.3) is 0 Å². The molecule has 0 saturated carbocycles. The fourth-order valence-corrected chi connectivity index (χ4v) is 4.57. The maximum Gasteiger partial charge on any atom is 0.312 e. The van der Waals surface area contributed by atoms with Crippen molar-refractivity contribution in [3.05, 3.63) is 29.8 Å². The van der Waals surface area contributed by atoms with Crippen LogP contribution in [0.2, 0.25) is 0 Å². The van der Waals surface area contributed by atoms with E-state index < -0.39 is 11.4 Å². The topological polar surface area (TPSA) is 79.0 Å². The number of carboxylic acid groups (broad SMARTS) is 1. The molecule has 2 heterocycles. The minimum absolute atomic E-state index is 0.106. The molecule has 1 aromatic carbocycles. The molecule has 0 spiro atoms. The SMILES string of the molecule is COc1ccc(CN2CC[C@H]3N(CCN)CCC[C@]3(C(=O)O)C2)cc1. The van der Waals surface area contributed by atoms with Crippen LogP contribution in [0.1, 0.15) is 24.8 Å². The lowest BCUT2D eigenvalue weighted by Gasteiger charge is -2.53. The molecule has 0 radical (unpaired) electrons. The molecular formula is C19H29N3O3. The number of hydrogen-bond donors (Lipinski definition) is 2. The van der Waals surface area contributed by atoms with E-state index in [1.807, 2.05) is 12.1 Å². The van der Waals surface area contributed by atoms with Gasteiger partial charge in [0.1, 0.15) is 5.75 Å². The van der Waals surface area contributed by atoms with Gasteiger partial charge in [-0.2, -0.15) is 0 Å². The predicted octanol–water partition coefficient (Wildman–Crippen LogP) is 1.40. The molecule has 3 rings (SSSR count). The number of fused-ring (bicyclic) bond motifs is 1. The van der Waals surface area contributed by atoms with Crippen LogP contribution in [0.25, 0.3) is 0 Å². The first-order valence-corrected chi connectivity index (χ1v) is 9.12. The van der Waals surface area contributed by atoms with E-state index in [1.165, 1.54) is 5.56 Å². The molecule has 2 atom stereocenters. The molecule has 0 unspecified atom stereocenters. The highest BCUT2D eigenvalue weighted by atomic mass is 16.5. The maximum atomic E-state index is 12.2. The highest BCUT2D eigenvalue weighted by molar-refractivity contribution is 5.76. The van der Waals surface area contributed by atoms with Crippen molar-refractivity contribution >= 4 is 5.97 Å². The van der Waals surface area contributed by atoms with Gasteiger partial charge in [0.05, 0.1) is 12.5 Å². The van der Waals surface area contributed by atoms with Crippen molar-refractivity contribution in [2.75, 3.05) is 39.8 Å². The molecule has 6 nitrogen and oxygen atoms in total. The summed E-state index contributed by atoms with van der Waals surface area (Å²) in [5, 5.41) is 10.1. The fraction of sp³-hybridized carbons (Fsp3) is 0.632. The van der Waals surface area contributed by atoms with Crippen molar-refractivity contribution in [2.45, 2.75) is 31.8 Å². The lowest BCUT2D eigenvalue weighted by molar-refractivity contribution is -0.164. The van der Waals surface area contributed by atoms with Gasteiger partial charge in [0.15, 0.2) is 0 Å². The highest BCUT2D eigenvalue weighted by Gasteiger charge is 2.53. The van der Waals surface area contributed by atoms with Crippen LogP contribution < -0.4 is 10.5 Å². The fourth-order valence-electron chi connectivity index (χ4n) is 4.57. The summed E-state index contributed by atoms with van der Waals surface area (Å²) in [5.74, 6) is 0.188. The summed E-state index contributed by atoms with van der Waals surface area (Å²) in [6, 6.07) is 8.13. The zero-order chi connectivity index (χ0) is 17.9. The number of aliphatic carboxylic acids is 1. The lowest BCUT2D eigenvalue weighted by Crippen LogP contribution is -2.64. The number of benzene rings is 1. The second-order valence-corrected chi connectivity index (χ2v) is 7.25. The molecule has 0 amide bonds. The smallest absolute Gasteiger partial charge is 0.312 e. The van der Waals surface area contributed by atoms with Gasteiger partial charge in [-0.05, 0) is 43.5 Å². The molecule has 0 aliphatic carbocycles. The standard InChI is InChI=1S/C19H29N3O3/c1-25-16-5-3-15(4-6-16)13-21-11-7-17-19(14-21,18(23)24)8-2-10-22(17)12-9-20/h3-6,17H,2,7-14,20H2,1H3,(H,23,24)/t17-,19+/m1/s1. The van der Waals surface area contributed by atoms with Crippen molar-refractivity contribution in [3.8, 4) is 5.75 Å². The number of rotatable bonds is 6. The average molecular weight is 347 g/mol. The monoisotopic (exact) mass is 347 g/mol. The van der Waals surface area contributed by atoms with E-state index in [9.17, 15) is 9.90 Å². The van der Waals surface area contributed by atoms with Gasteiger partial charge in [-0.1, -0.05) is 12.1 Å². The lowest BCUT2D eigenvalue weighted by atomic mass is 9.69. The molecular weight excluding hydrogens is 318 g/mol. The Morgan fingerprint density at radius 1 is 1.36 bits per heavy atom. The summed E-state index contributed by atoms with van der Waals surface area (Å²) in [7, 11) is 1.66. The molecule has 0 aromatic heterocycles. The van der Waals surface area contributed by atoms with Crippen LogP contribution in [0.4, 0.5) is 0 Å². The molecule has 2 aliphatic rings. The summed E-state index contributed by atoms with van der Waals surface area (Å²) in [5.41, 5.74) is 6.26. The number of methoxy groups -OCH3 is 1. The second kappa shape index (κ2) is 7.72. The summed E-state index contributed by atoms with van der Waals surface area (Å²) in [6.07, 6.45) is 2.58. The quantitative estimate of drug-likeness (QED) is 0.810. The first-order valence-electron chi connectivity index (χ1n) is 9.12. The van der Waals surface area contributed by atoms with Crippen molar-refractivity contribution in [1.82, 2.24) is 9.80 Å². The van der Waals surface area contributed by atoms with Gasteiger partial charge in [-0.15, -0.1) is 0 Å². The number of nitrogens with two attached hydrogens (primary N) is 1. The van der Waals surface area contributed by atoms with E-state index >= 15 is 0 Å². The second-order valence-electron chi connectivity index (χ2n) is 7.25. The molecule has 138 valence electrons. The Morgan fingerprint density at radius 3 is 2.76 bits per heavy atom. The van der Waals surface area contributed by atoms with Crippen molar-refractivity contribution < 1.29 is 14.6 Å². The molecule has 2 aliphatic heterocycles. The summed E-state index contributed by atoms with van der Waals surface area (Å²) in [6.45, 7) is 4.66. The molecule has 0 bridgehead atoms. The highest BCUT2D eigenvalue weighted by Crippen LogP contribution is 2.42. The van der Waals surface area contributed by atoms with E-state index in [0.717, 1.165) is 51.2 Å². The van der Waals surface area contributed by atoms with Crippen molar-refractivity contribution in [1.29, 1.82) is 0 Å². The first-order chi connectivity index (χ1) is 12.1. The zero-order valence-corrected chi connectivity index (χ0v) is 15.0. The van der Waals surface area contributed by atoms with Gasteiger partial charge in [-0.3, -0.25) is 14.6 Å². The third kappa shape index (κ3) is 3.66. The van der Waals surface area contributed by atoms with Gasteiger partial charge in [0.2, 0.25) is 0 Å². The van der Waals surface area contributed by atoms with Gasteiger partial charge in [0, 0.05) is 38.8 Å². The third-order valence-electron chi connectivity index (χ3n) is 5.78. The van der Waals surface area contributed by atoms with E-state index in [0.29, 0.717) is 13.1 Å². The zero-order valence-electron chi connectivity index (χ0n) is 15.0. The van der Waals surface area contributed by atoms with Crippen LogP contribution in [-0.2, 0) is 11.3 Å². The predicted molar refractivity (Wildman–Crippen MR) is 96.6 cm³/mol. The van der Waals surface area contributed by atoms with E-state index in [1.54, 1.807) is 7.11 Å². The largest absolute Gasteiger partial charge is 0.497 e. The Bertz CT molecular complexity index is 590. The molecule has 2 saturated heterocycles. The Hall–Kier alpha value is -1.63. The third-order valence-corrected chi connectivity index (χ3v) is 5.78. The number of carboxylic acids is 1. The number of nitrogens with zero attached hydrogens (tertiary/aromatic N) is 2. The molecule has 2 fully saturated rings. The van der Waals surface area contributed by atoms with E-state index in [4.69, 9.17) is 10.5 Å². The normalized spacial score (nSPS) is 27.7. The minimum atomic E-state index is -0.669. The maximum absolute atomic E-state index is 12.2. The minimum Gasteiger partial charge on any atom is -0.497 e. The summed E-state index contributed by atoms with van der Waals surface area (Å²) in [4.78, 5) is 16.8. The number of hydrogen-bond acceptors (Lipinski definition) is 5. The Labute approximate surface area is 149 Å². The summed E-state index contributed by atoms with van der Waals surface area (Å²) >= 11 is 0. The van der Waals surface area contributed by atoms with Crippen molar-refractivity contribution in [3.63, 3.8) is 0 Å².